The Morgan fingerprint density at radius 1 is 1.22 bits per heavy atom. The Bertz CT molecular complexity index is 902. The van der Waals surface area contributed by atoms with Crippen molar-refractivity contribution in [2.45, 2.75) is 62.1 Å². The molecule has 3 amide bonds. The minimum absolute atomic E-state index is 0.00703. The summed E-state index contributed by atoms with van der Waals surface area (Å²) in [7, 11) is 0. The van der Waals surface area contributed by atoms with Crippen LogP contribution in [-0.2, 0) is 14.4 Å². The number of likely N-dealkylation sites (tertiary alicyclic amines) is 1. The van der Waals surface area contributed by atoms with Crippen molar-refractivity contribution in [1.82, 2.24) is 10.2 Å². The smallest absolute Gasteiger partial charge is 0.244 e. The van der Waals surface area contributed by atoms with Crippen molar-refractivity contribution < 1.29 is 19.5 Å². The molecule has 3 heterocycles. The van der Waals surface area contributed by atoms with Crippen molar-refractivity contribution in [1.29, 1.82) is 0 Å². The van der Waals surface area contributed by atoms with Crippen LogP contribution in [0.4, 0.5) is 5.69 Å². The van der Waals surface area contributed by atoms with Crippen LogP contribution >= 0.6 is 11.8 Å². The number of aliphatic hydroxyl groups excluding tert-OH is 1. The summed E-state index contributed by atoms with van der Waals surface area (Å²) in [5.41, 5.74) is 0.267. The molecule has 0 aromatic heterocycles. The number of hydrogen-bond acceptors (Lipinski definition) is 5. The molecule has 0 aliphatic carbocycles. The van der Waals surface area contributed by atoms with Crippen molar-refractivity contribution in [2.24, 2.45) is 17.8 Å². The fourth-order valence-electron chi connectivity index (χ4n) is 5.79. The van der Waals surface area contributed by atoms with Crippen molar-refractivity contribution in [3.8, 4) is 0 Å². The summed E-state index contributed by atoms with van der Waals surface area (Å²) in [6.45, 7) is 8.12. The molecule has 3 fully saturated rings. The zero-order chi connectivity index (χ0) is 23.3. The fourth-order valence-corrected chi connectivity index (χ4v) is 8.21. The molecule has 7 nitrogen and oxygen atoms in total. The number of nitrogens with zero attached hydrogens (tertiary/aromatic N) is 1. The van der Waals surface area contributed by atoms with Gasteiger partial charge in [0, 0.05) is 29.6 Å². The summed E-state index contributed by atoms with van der Waals surface area (Å²) in [5.74, 6) is -1.35. The molecular formula is C24H33N3O4S. The molecule has 3 N–H and O–H groups in total. The first-order valence-electron chi connectivity index (χ1n) is 11.4. The van der Waals surface area contributed by atoms with Crippen molar-refractivity contribution >= 4 is 35.2 Å². The van der Waals surface area contributed by atoms with Crippen LogP contribution in [0.25, 0.3) is 0 Å². The van der Waals surface area contributed by atoms with Gasteiger partial charge < -0.3 is 20.6 Å². The molecular weight excluding hydrogens is 426 g/mol. The van der Waals surface area contributed by atoms with Crippen LogP contribution in [0.5, 0.6) is 0 Å². The predicted molar refractivity (Wildman–Crippen MR) is 125 cm³/mol. The molecule has 2 bridgehead atoms. The number of benzene rings is 1. The zero-order valence-electron chi connectivity index (χ0n) is 19.1. The van der Waals surface area contributed by atoms with E-state index in [0.29, 0.717) is 18.7 Å². The van der Waals surface area contributed by atoms with Crippen molar-refractivity contribution in [2.75, 3.05) is 18.5 Å². The SMILES string of the molecule is CC1C[C@@H]2SC13C(C(=O)NC(C)(C)C)N(CCCO)C(=O)[C@@H]3[C@@H]2C(=O)Nc1ccccc1. The first-order chi connectivity index (χ1) is 15.1. The summed E-state index contributed by atoms with van der Waals surface area (Å²) in [6.07, 6.45) is 1.20. The van der Waals surface area contributed by atoms with Gasteiger partial charge in [-0.05, 0) is 51.7 Å². The monoisotopic (exact) mass is 459 g/mol. The van der Waals surface area contributed by atoms with Gasteiger partial charge in [0.25, 0.3) is 0 Å². The lowest BCUT2D eigenvalue weighted by Crippen LogP contribution is -2.59. The quantitative estimate of drug-likeness (QED) is 0.606. The van der Waals surface area contributed by atoms with Gasteiger partial charge in [-0.1, -0.05) is 25.1 Å². The van der Waals surface area contributed by atoms with Crippen molar-refractivity contribution in [3.63, 3.8) is 0 Å². The lowest BCUT2D eigenvalue weighted by molar-refractivity contribution is -0.139. The van der Waals surface area contributed by atoms with Gasteiger partial charge in [0.15, 0.2) is 0 Å². The molecule has 0 radical (unpaired) electrons. The van der Waals surface area contributed by atoms with Gasteiger partial charge in [0.1, 0.15) is 6.04 Å². The fraction of sp³-hybridized carbons (Fsp3) is 0.625. The predicted octanol–water partition coefficient (Wildman–Crippen LogP) is 2.26. The summed E-state index contributed by atoms with van der Waals surface area (Å²) in [5, 5.41) is 15.5. The molecule has 3 saturated heterocycles. The van der Waals surface area contributed by atoms with Crippen LogP contribution in [-0.4, -0.2) is 62.5 Å². The van der Waals surface area contributed by atoms with E-state index in [1.165, 1.54) is 0 Å². The molecule has 3 unspecified atom stereocenters. The van der Waals surface area contributed by atoms with E-state index in [2.05, 4.69) is 17.6 Å². The number of hydrogen-bond donors (Lipinski definition) is 3. The Morgan fingerprint density at radius 3 is 2.53 bits per heavy atom. The van der Waals surface area contributed by atoms with Gasteiger partial charge >= 0.3 is 0 Å². The number of anilines is 1. The van der Waals surface area contributed by atoms with E-state index in [9.17, 15) is 19.5 Å². The summed E-state index contributed by atoms with van der Waals surface area (Å²) >= 11 is 1.66. The Balaban J connectivity index is 1.70. The Kier molecular flexibility index (Phi) is 6.05. The molecule has 3 aliphatic rings. The van der Waals surface area contributed by atoms with Gasteiger partial charge in [-0.25, -0.2) is 0 Å². The molecule has 4 rings (SSSR count). The highest BCUT2D eigenvalue weighted by Crippen LogP contribution is 2.68. The minimum atomic E-state index is -0.648. The number of amides is 3. The average molecular weight is 460 g/mol. The molecule has 0 saturated carbocycles. The second-order valence-electron chi connectivity index (χ2n) is 10.3. The second-order valence-corrected chi connectivity index (χ2v) is 11.8. The van der Waals surface area contributed by atoms with Gasteiger partial charge in [-0.2, -0.15) is 0 Å². The summed E-state index contributed by atoms with van der Waals surface area (Å²) in [6, 6.07) is 8.63. The number of para-hydroxylation sites is 1. The molecule has 1 spiro atoms. The van der Waals surface area contributed by atoms with E-state index in [1.807, 2.05) is 51.1 Å². The van der Waals surface area contributed by atoms with E-state index in [-0.39, 0.29) is 35.5 Å². The molecule has 1 aromatic carbocycles. The lowest BCUT2D eigenvalue weighted by atomic mass is 9.65. The van der Waals surface area contributed by atoms with Gasteiger partial charge in [-0.15, -0.1) is 11.8 Å². The van der Waals surface area contributed by atoms with E-state index in [0.717, 1.165) is 6.42 Å². The number of aliphatic hydroxyl groups is 1. The second kappa shape index (κ2) is 8.37. The molecule has 6 atom stereocenters. The summed E-state index contributed by atoms with van der Waals surface area (Å²) in [4.78, 5) is 42.3. The number of carbonyl (C=O) groups is 3. The Morgan fingerprint density at radius 2 is 1.91 bits per heavy atom. The van der Waals surface area contributed by atoms with E-state index >= 15 is 0 Å². The molecule has 3 aliphatic heterocycles. The zero-order valence-corrected chi connectivity index (χ0v) is 19.9. The number of nitrogens with one attached hydrogen (secondary N) is 2. The van der Waals surface area contributed by atoms with Crippen LogP contribution in [0.1, 0.15) is 40.5 Å². The molecule has 174 valence electrons. The molecule has 32 heavy (non-hydrogen) atoms. The number of carbonyl (C=O) groups excluding carboxylic acids is 3. The Labute approximate surface area is 193 Å². The third-order valence-electron chi connectivity index (χ3n) is 6.89. The maximum atomic E-state index is 13.7. The minimum Gasteiger partial charge on any atom is -0.396 e. The maximum Gasteiger partial charge on any atom is 0.244 e. The van der Waals surface area contributed by atoms with Gasteiger partial charge in [0.2, 0.25) is 17.7 Å². The third-order valence-corrected chi connectivity index (χ3v) is 8.97. The van der Waals surface area contributed by atoms with Gasteiger partial charge in [-0.3, -0.25) is 14.4 Å². The van der Waals surface area contributed by atoms with E-state index < -0.39 is 28.2 Å². The standard InChI is InChI=1S/C24H33N3O4S/c1-14-13-16-17(20(29)25-15-9-6-5-7-10-15)18-22(31)27(11-8-12-28)19(24(14,18)32-16)21(30)26-23(2,3)4/h5-7,9-10,14,16-19,28H,8,11-13H2,1-4H3,(H,25,29)(H,26,30)/t14?,16-,17+,18-,19?,24?/m0/s1. The van der Waals surface area contributed by atoms with Crippen LogP contribution in [0.3, 0.4) is 0 Å². The first kappa shape index (κ1) is 23.1. The first-order valence-corrected chi connectivity index (χ1v) is 12.2. The number of rotatable bonds is 6. The third kappa shape index (κ3) is 3.71. The highest BCUT2D eigenvalue weighted by Gasteiger charge is 2.75. The van der Waals surface area contributed by atoms with Crippen molar-refractivity contribution in [3.05, 3.63) is 30.3 Å². The normalized spacial score (nSPS) is 33.3. The number of thioether (sulfide) groups is 1. The van der Waals surface area contributed by atoms with E-state index in [1.54, 1.807) is 16.7 Å². The van der Waals surface area contributed by atoms with Crippen LogP contribution in [0.2, 0.25) is 0 Å². The van der Waals surface area contributed by atoms with Crippen LogP contribution in [0, 0.1) is 17.8 Å². The van der Waals surface area contributed by atoms with Crippen LogP contribution in [0.15, 0.2) is 30.3 Å². The lowest BCUT2D eigenvalue weighted by Gasteiger charge is -2.39. The largest absolute Gasteiger partial charge is 0.396 e. The van der Waals surface area contributed by atoms with Gasteiger partial charge in [0.05, 0.1) is 16.6 Å². The highest BCUT2D eigenvalue weighted by molar-refractivity contribution is 8.02. The molecule has 8 heteroatoms. The average Bonchev–Trinajstić information content (AvgIpc) is 3.29. The summed E-state index contributed by atoms with van der Waals surface area (Å²) < 4.78 is -0.634. The maximum absolute atomic E-state index is 13.7. The number of fused-ring (bicyclic) bond motifs is 1. The highest BCUT2D eigenvalue weighted by atomic mass is 32.2. The van der Waals surface area contributed by atoms with Crippen LogP contribution < -0.4 is 10.6 Å². The van der Waals surface area contributed by atoms with E-state index in [4.69, 9.17) is 0 Å². The Hall–Kier alpha value is -2.06. The molecule has 1 aromatic rings. The topological polar surface area (TPSA) is 98.7 Å².